The Kier molecular flexibility index (Phi) is 7.82. The minimum atomic E-state index is -0.0430. The monoisotopic (exact) mass is 508 g/mol. The van der Waals surface area contributed by atoms with Crippen LogP contribution in [-0.2, 0) is 10.2 Å². The van der Waals surface area contributed by atoms with Crippen LogP contribution in [0.2, 0.25) is 0 Å². The summed E-state index contributed by atoms with van der Waals surface area (Å²) in [7, 11) is 0. The first-order valence-corrected chi connectivity index (χ1v) is 13.7. The maximum atomic E-state index is 12.9. The number of carbonyl (C=O) groups excluding carboxylic acids is 2. The van der Waals surface area contributed by atoms with Crippen molar-refractivity contribution in [3.8, 4) is 0 Å². The second kappa shape index (κ2) is 10.8. The fraction of sp³-hybridized carbons (Fsp3) is 0.370. The number of carbonyl (C=O) groups is 2. The highest BCUT2D eigenvalue weighted by Gasteiger charge is 2.23. The van der Waals surface area contributed by atoms with Crippen LogP contribution >= 0.6 is 23.1 Å². The first kappa shape index (κ1) is 25.3. The topological polar surface area (TPSA) is 65.5 Å². The number of thioether (sulfide) groups is 1. The quantitative estimate of drug-likeness (QED) is 0.449. The minimum absolute atomic E-state index is 0.0163. The third kappa shape index (κ3) is 6.44. The molecule has 0 saturated carbocycles. The van der Waals surface area contributed by atoms with E-state index in [-0.39, 0.29) is 17.2 Å². The molecule has 2 amide bonds. The highest BCUT2D eigenvalue weighted by Crippen LogP contribution is 2.29. The van der Waals surface area contributed by atoms with Gasteiger partial charge in [-0.25, -0.2) is 4.98 Å². The molecule has 6 nitrogen and oxygen atoms in total. The van der Waals surface area contributed by atoms with Gasteiger partial charge in [-0.1, -0.05) is 50.7 Å². The second-order valence-electron chi connectivity index (χ2n) is 9.73. The lowest BCUT2D eigenvalue weighted by Gasteiger charge is -2.36. The van der Waals surface area contributed by atoms with Crippen LogP contribution in [0.3, 0.4) is 0 Å². The van der Waals surface area contributed by atoms with E-state index in [9.17, 15) is 9.59 Å². The first-order chi connectivity index (χ1) is 16.7. The molecule has 4 rings (SSSR count). The Balaban J connectivity index is 1.25. The summed E-state index contributed by atoms with van der Waals surface area (Å²) in [6, 6.07) is 15.7. The van der Waals surface area contributed by atoms with E-state index >= 15 is 0 Å². The average Bonchev–Trinajstić information content (AvgIpc) is 3.33. The van der Waals surface area contributed by atoms with Crippen molar-refractivity contribution < 1.29 is 9.59 Å². The average molecular weight is 509 g/mol. The minimum Gasteiger partial charge on any atom is -0.368 e. The maximum absolute atomic E-state index is 12.9. The molecule has 1 aliphatic rings. The Labute approximate surface area is 215 Å². The zero-order valence-corrected chi connectivity index (χ0v) is 22.3. The van der Waals surface area contributed by atoms with Crippen LogP contribution in [0.25, 0.3) is 0 Å². The van der Waals surface area contributed by atoms with Gasteiger partial charge in [-0.3, -0.25) is 9.59 Å². The van der Waals surface area contributed by atoms with E-state index in [1.165, 1.54) is 11.8 Å². The predicted molar refractivity (Wildman–Crippen MR) is 146 cm³/mol. The van der Waals surface area contributed by atoms with Gasteiger partial charge in [0.1, 0.15) is 0 Å². The number of rotatable bonds is 6. The number of aromatic nitrogens is 1. The molecule has 184 valence electrons. The third-order valence-corrected chi connectivity index (χ3v) is 8.06. The van der Waals surface area contributed by atoms with Gasteiger partial charge in [-0.15, -0.1) is 11.3 Å². The largest absolute Gasteiger partial charge is 0.368 e. The summed E-state index contributed by atoms with van der Waals surface area (Å²) in [6.45, 7) is 11.3. The number of hydrogen-bond acceptors (Lipinski definition) is 6. The third-order valence-electron chi connectivity index (χ3n) is 6.04. The molecule has 1 aromatic heterocycles. The fourth-order valence-electron chi connectivity index (χ4n) is 3.90. The van der Waals surface area contributed by atoms with Crippen LogP contribution in [0.5, 0.6) is 0 Å². The molecule has 0 unspecified atom stereocenters. The van der Waals surface area contributed by atoms with Gasteiger partial charge in [0.15, 0.2) is 4.34 Å². The van der Waals surface area contributed by atoms with Gasteiger partial charge >= 0.3 is 0 Å². The van der Waals surface area contributed by atoms with Crippen molar-refractivity contribution in [3.63, 3.8) is 0 Å². The molecule has 1 saturated heterocycles. The summed E-state index contributed by atoms with van der Waals surface area (Å²) in [6.07, 6.45) is 0. The molecule has 8 heteroatoms. The van der Waals surface area contributed by atoms with Crippen LogP contribution in [0.15, 0.2) is 58.3 Å². The standard InChI is InChI=1S/C27H32N4O2S2/c1-19-7-5-6-8-22(19)25(33)31-15-13-30(14-16-31)21-11-9-20(10-12-21)28-24(32)18-35-26-29-23(17-34-26)27(2,3)4/h5-12,17H,13-16,18H2,1-4H3,(H,28,32). The Hall–Kier alpha value is -2.84. The summed E-state index contributed by atoms with van der Waals surface area (Å²) < 4.78 is 0.917. The van der Waals surface area contributed by atoms with Crippen molar-refractivity contribution in [2.45, 2.75) is 37.4 Å². The molecule has 0 radical (unpaired) electrons. The SMILES string of the molecule is Cc1ccccc1C(=O)N1CCN(c2ccc(NC(=O)CSc3nc(C(C)(C)C)cs3)cc2)CC1. The van der Waals surface area contributed by atoms with Crippen molar-refractivity contribution in [2.75, 3.05) is 42.1 Å². The highest BCUT2D eigenvalue weighted by molar-refractivity contribution is 8.01. The number of aryl methyl sites for hydroxylation is 1. The molecule has 1 aliphatic heterocycles. The van der Waals surface area contributed by atoms with Crippen molar-refractivity contribution in [3.05, 3.63) is 70.7 Å². The maximum Gasteiger partial charge on any atom is 0.254 e. The van der Waals surface area contributed by atoms with E-state index in [1.807, 2.05) is 60.4 Å². The van der Waals surface area contributed by atoms with E-state index in [0.29, 0.717) is 18.8 Å². The van der Waals surface area contributed by atoms with Crippen molar-refractivity contribution in [1.29, 1.82) is 0 Å². The Morgan fingerprint density at radius 3 is 2.34 bits per heavy atom. The van der Waals surface area contributed by atoms with Crippen LogP contribution in [0.1, 0.15) is 42.4 Å². The number of nitrogens with zero attached hydrogens (tertiary/aromatic N) is 3. The Bertz CT molecular complexity index is 1180. The number of amides is 2. The lowest BCUT2D eigenvalue weighted by Crippen LogP contribution is -2.48. The van der Waals surface area contributed by atoms with Gasteiger partial charge in [-0.05, 0) is 42.8 Å². The molecule has 3 aromatic rings. The molecule has 1 fully saturated rings. The lowest BCUT2D eigenvalue weighted by molar-refractivity contribution is -0.113. The zero-order valence-electron chi connectivity index (χ0n) is 20.7. The molecular formula is C27H32N4O2S2. The molecule has 35 heavy (non-hydrogen) atoms. The van der Waals surface area contributed by atoms with E-state index in [0.717, 1.165) is 45.6 Å². The van der Waals surface area contributed by atoms with Gasteiger partial charge in [0.2, 0.25) is 5.91 Å². The fourth-order valence-corrected chi connectivity index (χ4v) is 5.75. The van der Waals surface area contributed by atoms with Gasteiger partial charge in [0, 0.05) is 53.9 Å². The summed E-state index contributed by atoms with van der Waals surface area (Å²) in [5.41, 5.74) is 4.74. The summed E-state index contributed by atoms with van der Waals surface area (Å²) >= 11 is 3.05. The molecule has 0 aliphatic carbocycles. The van der Waals surface area contributed by atoms with Gasteiger partial charge < -0.3 is 15.1 Å². The number of piperazine rings is 1. The van der Waals surface area contributed by atoms with Crippen LogP contribution in [0.4, 0.5) is 11.4 Å². The van der Waals surface area contributed by atoms with E-state index in [1.54, 1.807) is 11.3 Å². The molecular weight excluding hydrogens is 476 g/mol. The van der Waals surface area contributed by atoms with E-state index in [4.69, 9.17) is 0 Å². The van der Waals surface area contributed by atoms with Crippen molar-refractivity contribution >= 4 is 46.3 Å². The normalized spacial score (nSPS) is 14.2. The molecule has 2 aromatic carbocycles. The van der Waals surface area contributed by atoms with Gasteiger partial charge in [0.05, 0.1) is 11.4 Å². The zero-order chi connectivity index (χ0) is 25.0. The predicted octanol–water partition coefficient (Wildman–Crippen LogP) is 5.44. The van der Waals surface area contributed by atoms with E-state index < -0.39 is 0 Å². The molecule has 2 heterocycles. The number of nitrogens with one attached hydrogen (secondary N) is 1. The van der Waals surface area contributed by atoms with E-state index in [2.05, 4.69) is 41.4 Å². The highest BCUT2D eigenvalue weighted by atomic mass is 32.2. The number of thiazole rings is 1. The number of anilines is 2. The Morgan fingerprint density at radius 2 is 1.71 bits per heavy atom. The molecule has 0 bridgehead atoms. The lowest BCUT2D eigenvalue weighted by atomic mass is 9.93. The van der Waals surface area contributed by atoms with Crippen molar-refractivity contribution in [2.24, 2.45) is 0 Å². The molecule has 0 spiro atoms. The van der Waals surface area contributed by atoms with Crippen LogP contribution in [0, 0.1) is 6.92 Å². The number of hydrogen-bond donors (Lipinski definition) is 1. The summed E-state index contributed by atoms with van der Waals surface area (Å²) in [5.74, 6) is 0.389. The molecule has 1 N–H and O–H groups in total. The van der Waals surface area contributed by atoms with Crippen LogP contribution < -0.4 is 10.2 Å². The summed E-state index contributed by atoms with van der Waals surface area (Å²) in [5, 5.41) is 5.04. The first-order valence-electron chi connectivity index (χ1n) is 11.8. The van der Waals surface area contributed by atoms with Crippen LogP contribution in [-0.4, -0.2) is 53.6 Å². The van der Waals surface area contributed by atoms with Gasteiger partial charge in [-0.2, -0.15) is 0 Å². The summed E-state index contributed by atoms with van der Waals surface area (Å²) in [4.78, 5) is 34.1. The van der Waals surface area contributed by atoms with Gasteiger partial charge in [0.25, 0.3) is 5.91 Å². The Morgan fingerprint density at radius 1 is 1.03 bits per heavy atom. The smallest absolute Gasteiger partial charge is 0.254 e. The number of benzene rings is 2. The second-order valence-corrected chi connectivity index (χ2v) is 11.8. The molecule has 0 atom stereocenters. The van der Waals surface area contributed by atoms with Crippen molar-refractivity contribution in [1.82, 2.24) is 9.88 Å².